The van der Waals surface area contributed by atoms with Crippen molar-refractivity contribution in [3.8, 4) is 0 Å². The number of carbonyl (C=O) groups is 1. The standard InChI is InChI=1S/C18H18F2N4O/c1-9-7-10(2)21-11(3)15(9)23-18(25)12-5-6-14-13(8-12)22-17(16(19)20)24(14)4/h5-8,16H,1-4H3,(H,23,25). The van der Waals surface area contributed by atoms with Crippen molar-refractivity contribution in [2.75, 3.05) is 5.32 Å². The predicted molar refractivity (Wildman–Crippen MR) is 92.1 cm³/mol. The molecule has 0 aliphatic heterocycles. The molecule has 0 bridgehead atoms. The Morgan fingerprint density at radius 2 is 1.88 bits per heavy atom. The van der Waals surface area contributed by atoms with E-state index in [1.807, 2.05) is 26.8 Å². The van der Waals surface area contributed by atoms with Gasteiger partial charge in [-0.1, -0.05) is 0 Å². The molecule has 25 heavy (non-hydrogen) atoms. The Hall–Kier alpha value is -2.83. The van der Waals surface area contributed by atoms with E-state index in [0.717, 1.165) is 17.0 Å². The maximum Gasteiger partial charge on any atom is 0.295 e. The number of hydrogen-bond acceptors (Lipinski definition) is 3. The molecule has 1 amide bonds. The van der Waals surface area contributed by atoms with E-state index in [2.05, 4.69) is 15.3 Å². The third-order valence-corrected chi connectivity index (χ3v) is 4.14. The number of aryl methyl sites for hydroxylation is 4. The molecule has 7 heteroatoms. The maximum atomic E-state index is 13.0. The molecule has 0 atom stereocenters. The zero-order valence-electron chi connectivity index (χ0n) is 14.4. The minimum atomic E-state index is -2.67. The largest absolute Gasteiger partial charge is 0.326 e. The second kappa shape index (κ2) is 6.23. The highest BCUT2D eigenvalue weighted by Gasteiger charge is 2.18. The van der Waals surface area contributed by atoms with Gasteiger partial charge < -0.3 is 9.88 Å². The number of hydrogen-bond donors (Lipinski definition) is 1. The first kappa shape index (κ1) is 17.0. The Balaban J connectivity index is 1.95. The second-order valence-electron chi connectivity index (χ2n) is 6.03. The molecule has 0 saturated heterocycles. The van der Waals surface area contributed by atoms with Gasteiger partial charge in [-0.25, -0.2) is 13.8 Å². The average molecular weight is 344 g/mol. The summed E-state index contributed by atoms with van der Waals surface area (Å²) in [6, 6.07) is 6.62. The third kappa shape index (κ3) is 3.09. The Bertz CT molecular complexity index is 956. The molecule has 2 heterocycles. The van der Waals surface area contributed by atoms with Crippen molar-refractivity contribution in [1.29, 1.82) is 0 Å². The normalized spacial score (nSPS) is 11.3. The minimum Gasteiger partial charge on any atom is -0.326 e. The molecule has 0 aliphatic rings. The number of carbonyl (C=O) groups excluding carboxylic acids is 1. The maximum absolute atomic E-state index is 13.0. The van der Waals surface area contributed by atoms with Crippen molar-refractivity contribution in [3.63, 3.8) is 0 Å². The molecule has 0 unspecified atom stereocenters. The lowest BCUT2D eigenvalue weighted by Crippen LogP contribution is -2.14. The monoisotopic (exact) mass is 344 g/mol. The summed E-state index contributed by atoms with van der Waals surface area (Å²) in [6.45, 7) is 5.61. The summed E-state index contributed by atoms with van der Waals surface area (Å²) < 4.78 is 27.3. The number of benzene rings is 1. The Morgan fingerprint density at radius 1 is 1.16 bits per heavy atom. The lowest BCUT2D eigenvalue weighted by Gasteiger charge is -2.12. The first-order valence-electron chi connectivity index (χ1n) is 7.78. The predicted octanol–water partition coefficient (Wildman–Crippen LogP) is 4.08. The van der Waals surface area contributed by atoms with Gasteiger partial charge in [-0.3, -0.25) is 9.78 Å². The summed E-state index contributed by atoms with van der Waals surface area (Å²) in [6.07, 6.45) is -2.67. The van der Waals surface area contributed by atoms with E-state index in [1.165, 1.54) is 17.7 Å². The molecular weight excluding hydrogens is 326 g/mol. The van der Waals surface area contributed by atoms with Crippen molar-refractivity contribution in [3.05, 3.63) is 52.6 Å². The van der Waals surface area contributed by atoms with Crippen LogP contribution in [0.4, 0.5) is 14.5 Å². The van der Waals surface area contributed by atoms with Crippen molar-refractivity contribution in [2.24, 2.45) is 7.05 Å². The molecule has 130 valence electrons. The summed E-state index contributed by atoms with van der Waals surface area (Å²) in [5.41, 5.74) is 4.44. The highest BCUT2D eigenvalue weighted by molar-refractivity contribution is 6.06. The van der Waals surface area contributed by atoms with Crippen LogP contribution in [0.1, 0.15) is 39.6 Å². The topological polar surface area (TPSA) is 59.8 Å². The van der Waals surface area contributed by atoms with Crippen molar-refractivity contribution in [2.45, 2.75) is 27.2 Å². The van der Waals surface area contributed by atoms with Crippen LogP contribution in [-0.2, 0) is 7.05 Å². The molecule has 0 fully saturated rings. The smallest absolute Gasteiger partial charge is 0.295 e. The first-order valence-corrected chi connectivity index (χ1v) is 7.78. The molecule has 0 saturated carbocycles. The van der Waals surface area contributed by atoms with E-state index in [-0.39, 0.29) is 11.7 Å². The van der Waals surface area contributed by atoms with Crippen molar-refractivity contribution < 1.29 is 13.6 Å². The van der Waals surface area contributed by atoms with E-state index in [1.54, 1.807) is 12.1 Å². The van der Waals surface area contributed by atoms with Gasteiger partial charge >= 0.3 is 0 Å². The minimum absolute atomic E-state index is 0.318. The van der Waals surface area contributed by atoms with Gasteiger partial charge in [-0.2, -0.15) is 0 Å². The molecule has 0 aliphatic carbocycles. The number of nitrogens with zero attached hydrogens (tertiary/aromatic N) is 3. The number of rotatable bonds is 3. The van der Waals surface area contributed by atoms with Crippen LogP contribution in [0.15, 0.2) is 24.3 Å². The molecular formula is C18H18F2N4O. The van der Waals surface area contributed by atoms with Crippen LogP contribution in [0, 0.1) is 20.8 Å². The summed E-state index contributed by atoms with van der Waals surface area (Å²) in [7, 11) is 1.53. The summed E-state index contributed by atoms with van der Waals surface area (Å²) in [4.78, 5) is 20.8. The summed E-state index contributed by atoms with van der Waals surface area (Å²) in [5.74, 6) is -0.648. The Morgan fingerprint density at radius 3 is 2.52 bits per heavy atom. The zero-order valence-corrected chi connectivity index (χ0v) is 14.4. The van der Waals surface area contributed by atoms with Gasteiger partial charge in [0.25, 0.3) is 12.3 Å². The second-order valence-corrected chi connectivity index (χ2v) is 6.03. The van der Waals surface area contributed by atoms with Gasteiger partial charge in [0.15, 0.2) is 5.82 Å². The van der Waals surface area contributed by atoms with Crippen LogP contribution in [0.5, 0.6) is 0 Å². The van der Waals surface area contributed by atoms with Crippen LogP contribution in [0.3, 0.4) is 0 Å². The van der Waals surface area contributed by atoms with Crippen molar-refractivity contribution in [1.82, 2.24) is 14.5 Å². The number of pyridine rings is 1. The van der Waals surface area contributed by atoms with E-state index in [0.29, 0.717) is 22.3 Å². The highest BCUT2D eigenvalue weighted by Crippen LogP contribution is 2.25. The van der Waals surface area contributed by atoms with Crippen LogP contribution < -0.4 is 5.32 Å². The fourth-order valence-corrected chi connectivity index (χ4v) is 2.95. The fourth-order valence-electron chi connectivity index (χ4n) is 2.95. The summed E-state index contributed by atoms with van der Waals surface area (Å²) in [5, 5.41) is 2.85. The molecule has 2 aromatic heterocycles. The number of imidazole rings is 1. The molecule has 3 rings (SSSR count). The van der Waals surface area contributed by atoms with Crippen LogP contribution >= 0.6 is 0 Å². The highest BCUT2D eigenvalue weighted by atomic mass is 19.3. The van der Waals surface area contributed by atoms with Gasteiger partial charge in [0.1, 0.15) is 0 Å². The number of aromatic nitrogens is 3. The zero-order chi connectivity index (χ0) is 18.3. The van der Waals surface area contributed by atoms with Gasteiger partial charge in [-0.05, 0) is 50.6 Å². The molecule has 0 radical (unpaired) electrons. The van der Waals surface area contributed by atoms with Gasteiger partial charge in [0.05, 0.1) is 22.4 Å². The molecule has 1 N–H and O–H groups in total. The number of halogens is 2. The third-order valence-electron chi connectivity index (χ3n) is 4.14. The van der Waals surface area contributed by atoms with Crippen molar-refractivity contribution >= 4 is 22.6 Å². The lowest BCUT2D eigenvalue weighted by atomic mass is 10.1. The number of alkyl halides is 2. The van der Waals surface area contributed by atoms with Gasteiger partial charge in [-0.15, -0.1) is 0 Å². The molecule has 5 nitrogen and oxygen atoms in total. The van der Waals surface area contributed by atoms with Crippen LogP contribution in [-0.4, -0.2) is 20.4 Å². The van der Waals surface area contributed by atoms with E-state index < -0.39 is 6.43 Å². The molecule has 3 aromatic rings. The average Bonchev–Trinajstić information content (AvgIpc) is 2.87. The number of nitrogens with one attached hydrogen (secondary N) is 1. The fraction of sp³-hybridized carbons (Fsp3) is 0.278. The van der Waals surface area contributed by atoms with Crippen LogP contribution in [0.2, 0.25) is 0 Å². The Kier molecular flexibility index (Phi) is 4.24. The van der Waals surface area contributed by atoms with E-state index >= 15 is 0 Å². The molecule has 0 spiro atoms. The van der Waals surface area contributed by atoms with Crippen LogP contribution in [0.25, 0.3) is 11.0 Å². The number of amides is 1. The first-order chi connectivity index (χ1) is 11.8. The lowest BCUT2D eigenvalue weighted by molar-refractivity contribution is 0.102. The van der Waals surface area contributed by atoms with E-state index in [4.69, 9.17) is 0 Å². The number of anilines is 1. The number of fused-ring (bicyclic) bond motifs is 1. The Labute approximate surface area is 143 Å². The van der Waals surface area contributed by atoms with Gasteiger partial charge in [0.2, 0.25) is 0 Å². The summed E-state index contributed by atoms with van der Waals surface area (Å²) >= 11 is 0. The molecule has 1 aromatic carbocycles. The SMILES string of the molecule is Cc1cc(C)c(NC(=O)c2ccc3c(c2)nc(C(F)F)n3C)c(C)n1. The quantitative estimate of drug-likeness (QED) is 0.779. The van der Waals surface area contributed by atoms with E-state index in [9.17, 15) is 13.6 Å². The van der Waals surface area contributed by atoms with Gasteiger partial charge in [0, 0.05) is 18.3 Å².